The number of nitrogens with one attached hydrogen (secondary N) is 2. The molecule has 0 aliphatic rings. The van der Waals surface area contributed by atoms with Gasteiger partial charge >= 0.3 is 0 Å². The maximum atomic E-state index is 11.8. The van der Waals surface area contributed by atoms with Gasteiger partial charge in [0.15, 0.2) is 0 Å². The highest BCUT2D eigenvalue weighted by Gasteiger charge is 2.17. The molecule has 2 heterocycles. The third kappa shape index (κ3) is 2.76. The topological polar surface area (TPSA) is 97.1 Å². The van der Waals surface area contributed by atoms with Crippen LogP contribution in [0.5, 0.6) is 0 Å². The van der Waals surface area contributed by atoms with Crippen molar-refractivity contribution >= 4 is 11.8 Å². The Hall–Kier alpha value is -2.70. The van der Waals surface area contributed by atoms with Crippen molar-refractivity contribution in [3.05, 3.63) is 47.1 Å². The standard InChI is InChI=1S/C12H12N4O3/c1-7-10(8(2)19-16-7)12(18)15-14-11(17)9-3-5-13-6-4-9/h3-6H,1-2H3,(H,14,17)(H,15,18). The Morgan fingerprint density at radius 1 is 1.11 bits per heavy atom. The SMILES string of the molecule is Cc1noc(C)c1C(=O)NNC(=O)c1ccncc1. The second-order valence-corrected chi connectivity index (χ2v) is 3.84. The van der Waals surface area contributed by atoms with Crippen LogP contribution in [0.15, 0.2) is 29.0 Å². The zero-order chi connectivity index (χ0) is 13.8. The van der Waals surface area contributed by atoms with Gasteiger partial charge in [0.25, 0.3) is 11.8 Å². The molecule has 19 heavy (non-hydrogen) atoms. The monoisotopic (exact) mass is 260 g/mol. The van der Waals surface area contributed by atoms with E-state index < -0.39 is 11.8 Å². The fraction of sp³-hybridized carbons (Fsp3) is 0.167. The van der Waals surface area contributed by atoms with Gasteiger partial charge in [0.05, 0.1) is 5.69 Å². The minimum atomic E-state index is -0.473. The van der Waals surface area contributed by atoms with Gasteiger partial charge in [0, 0.05) is 18.0 Å². The normalized spacial score (nSPS) is 10.0. The number of rotatable bonds is 2. The average molecular weight is 260 g/mol. The van der Waals surface area contributed by atoms with Gasteiger partial charge in [-0.1, -0.05) is 5.16 Å². The Morgan fingerprint density at radius 2 is 1.74 bits per heavy atom. The van der Waals surface area contributed by atoms with Crippen molar-refractivity contribution in [1.29, 1.82) is 0 Å². The van der Waals surface area contributed by atoms with E-state index in [0.717, 1.165) is 0 Å². The van der Waals surface area contributed by atoms with Crippen molar-refractivity contribution in [2.45, 2.75) is 13.8 Å². The van der Waals surface area contributed by atoms with Gasteiger partial charge in [0.2, 0.25) is 0 Å². The lowest BCUT2D eigenvalue weighted by atomic mass is 10.2. The summed E-state index contributed by atoms with van der Waals surface area (Å²) in [7, 11) is 0. The number of aromatic nitrogens is 2. The van der Waals surface area contributed by atoms with Crippen LogP contribution in [0.3, 0.4) is 0 Å². The molecule has 2 rings (SSSR count). The van der Waals surface area contributed by atoms with E-state index in [-0.39, 0.29) is 0 Å². The lowest BCUT2D eigenvalue weighted by Gasteiger charge is -2.06. The molecule has 0 fully saturated rings. The van der Waals surface area contributed by atoms with Crippen LogP contribution in [-0.4, -0.2) is 22.0 Å². The minimum Gasteiger partial charge on any atom is -0.361 e. The van der Waals surface area contributed by atoms with Gasteiger partial charge in [-0.25, -0.2) is 0 Å². The molecule has 0 aliphatic heterocycles. The molecular formula is C12H12N4O3. The Kier molecular flexibility index (Phi) is 3.56. The van der Waals surface area contributed by atoms with Crippen LogP contribution >= 0.6 is 0 Å². The molecule has 0 radical (unpaired) electrons. The summed E-state index contributed by atoms with van der Waals surface area (Å²) in [5.74, 6) is -0.505. The average Bonchev–Trinajstić information content (AvgIpc) is 2.76. The van der Waals surface area contributed by atoms with Gasteiger partial charge in [-0.3, -0.25) is 25.4 Å². The van der Waals surface area contributed by atoms with Gasteiger partial charge in [0.1, 0.15) is 11.3 Å². The molecule has 2 aromatic heterocycles. The lowest BCUT2D eigenvalue weighted by Crippen LogP contribution is -2.41. The van der Waals surface area contributed by atoms with E-state index in [1.807, 2.05) is 0 Å². The highest BCUT2D eigenvalue weighted by Crippen LogP contribution is 2.11. The molecule has 7 nitrogen and oxygen atoms in total. The molecule has 2 N–H and O–H groups in total. The zero-order valence-corrected chi connectivity index (χ0v) is 10.4. The summed E-state index contributed by atoms with van der Waals surface area (Å²) < 4.78 is 4.88. The molecular weight excluding hydrogens is 248 g/mol. The van der Waals surface area contributed by atoms with Crippen molar-refractivity contribution in [1.82, 2.24) is 21.0 Å². The Labute approximate surface area is 109 Å². The van der Waals surface area contributed by atoms with E-state index in [2.05, 4.69) is 21.0 Å². The molecule has 0 aromatic carbocycles. The fourth-order valence-corrected chi connectivity index (χ4v) is 1.56. The zero-order valence-electron chi connectivity index (χ0n) is 10.4. The first kappa shape index (κ1) is 12.7. The van der Waals surface area contributed by atoms with Crippen LogP contribution in [0, 0.1) is 13.8 Å². The number of hydrogen-bond acceptors (Lipinski definition) is 5. The van der Waals surface area contributed by atoms with Gasteiger partial charge in [-0.05, 0) is 26.0 Å². The number of aryl methyl sites for hydroxylation is 2. The van der Waals surface area contributed by atoms with Crippen molar-refractivity contribution < 1.29 is 14.1 Å². The number of nitrogens with zero attached hydrogens (tertiary/aromatic N) is 2. The van der Waals surface area contributed by atoms with Gasteiger partial charge in [-0.15, -0.1) is 0 Å². The van der Waals surface area contributed by atoms with Crippen molar-refractivity contribution in [3.63, 3.8) is 0 Å². The third-order valence-corrected chi connectivity index (χ3v) is 2.49. The summed E-state index contributed by atoms with van der Waals surface area (Å²) in [6.07, 6.45) is 2.98. The molecule has 0 saturated heterocycles. The number of carbonyl (C=O) groups is 2. The first-order valence-corrected chi connectivity index (χ1v) is 5.53. The Morgan fingerprint density at radius 3 is 2.32 bits per heavy atom. The molecule has 2 amide bonds. The summed E-state index contributed by atoms with van der Waals surface area (Å²) in [4.78, 5) is 27.3. The van der Waals surface area contributed by atoms with Crippen molar-refractivity contribution in [3.8, 4) is 0 Å². The summed E-state index contributed by atoms with van der Waals surface area (Å²) >= 11 is 0. The first-order chi connectivity index (χ1) is 9.09. The largest absolute Gasteiger partial charge is 0.361 e. The third-order valence-electron chi connectivity index (χ3n) is 2.49. The molecule has 0 saturated carbocycles. The molecule has 0 aliphatic carbocycles. The quantitative estimate of drug-likeness (QED) is 0.777. The van der Waals surface area contributed by atoms with Crippen LogP contribution in [0.4, 0.5) is 0 Å². The Bertz CT molecular complexity index is 587. The van der Waals surface area contributed by atoms with E-state index in [1.165, 1.54) is 24.5 Å². The summed E-state index contributed by atoms with van der Waals surface area (Å²) in [6.45, 7) is 3.27. The molecule has 0 atom stereocenters. The van der Waals surface area contributed by atoms with Gasteiger partial charge < -0.3 is 4.52 Å². The highest BCUT2D eigenvalue weighted by molar-refractivity contribution is 5.99. The maximum absolute atomic E-state index is 11.8. The number of hydrazine groups is 1. The predicted molar refractivity (Wildman–Crippen MR) is 65.1 cm³/mol. The summed E-state index contributed by atoms with van der Waals surface area (Å²) in [6, 6.07) is 3.08. The van der Waals surface area contributed by atoms with E-state index in [0.29, 0.717) is 22.6 Å². The number of amides is 2. The number of carbonyl (C=O) groups excluding carboxylic acids is 2. The molecule has 98 valence electrons. The Balaban J connectivity index is 2.00. The summed E-state index contributed by atoms with van der Waals surface area (Å²) in [5.41, 5.74) is 5.79. The smallest absolute Gasteiger partial charge is 0.275 e. The van der Waals surface area contributed by atoms with Crippen LogP contribution in [0.25, 0.3) is 0 Å². The second kappa shape index (κ2) is 5.30. The van der Waals surface area contributed by atoms with E-state index in [1.54, 1.807) is 13.8 Å². The van der Waals surface area contributed by atoms with Crippen LogP contribution in [0.1, 0.15) is 32.2 Å². The van der Waals surface area contributed by atoms with Crippen LogP contribution < -0.4 is 10.9 Å². The lowest BCUT2D eigenvalue weighted by molar-refractivity contribution is 0.0845. The molecule has 7 heteroatoms. The minimum absolute atomic E-state index is 0.315. The maximum Gasteiger partial charge on any atom is 0.275 e. The highest BCUT2D eigenvalue weighted by atomic mass is 16.5. The van der Waals surface area contributed by atoms with E-state index in [9.17, 15) is 9.59 Å². The van der Waals surface area contributed by atoms with Crippen molar-refractivity contribution in [2.24, 2.45) is 0 Å². The second-order valence-electron chi connectivity index (χ2n) is 3.84. The van der Waals surface area contributed by atoms with Crippen molar-refractivity contribution in [2.75, 3.05) is 0 Å². The first-order valence-electron chi connectivity index (χ1n) is 5.53. The van der Waals surface area contributed by atoms with Crippen LogP contribution in [0.2, 0.25) is 0 Å². The number of pyridine rings is 1. The predicted octanol–water partition coefficient (Wildman–Crippen LogP) is 0.761. The van der Waals surface area contributed by atoms with Gasteiger partial charge in [-0.2, -0.15) is 0 Å². The van der Waals surface area contributed by atoms with E-state index >= 15 is 0 Å². The molecule has 2 aromatic rings. The molecule has 0 spiro atoms. The molecule has 0 unspecified atom stereocenters. The molecule has 0 bridgehead atoms. The number of hydrogen-bond donors (Lipinski definition) is 2. The van der Waals surface area contributed by atoms with Crippen LogP contribution in [-0.2, 0) is 0 Å². The fourth-order valence-electron chi connectivity index (χ4n) is 1.56. The summed E-state index contributed by atoms with van der Waals surface area (Å²) in [5, 5.41) is 3.67. The van der Waals surface area contributed by atoms with E-state index in [4.69, 9.17) is 4.52 Å².